The van der Waals surface area contributed by atoms with Crippen LogP contribution in [0, 0.1) is 11.3 Å². The fourth-order valence-corrected chi connectivity index (χ4v) is 2.26. The molecule has 7 nitrogen and oxygen atoms in total. The topological polar surface area (TPSA) is 108 Å². The fraction of sp³-hybridized carbons (Fsp3) is 0.308. The van der Waals surface area contributed by atoms with Gasteiger partial charge in [0.25, 0.3) is 5.91 Å². The van der Waals surface area contributed by atoms with Crippen LogP contribution in [0.5, 0.6) is 0 Å². The first kappa shape index (κ1) is 12.4. The van der Waals surface area contributed by atoms with Crippen LogP contribution >= 0.6 is 0 Å². The maximum absolute atomic E-state index is 12.5. The van der Waals surface area contributed by atoms with E-state index in [1.807, 2.05) is 6.07 Å². The smallest absolute Gasteiger partial charge is 0.275 e. The van der Waals surface area contributed by atoms with Gasteiger partial charge < -0.3 is 15.4 Å². The zero-order chi connectivity index (χ0) is 14.1. The summed E-state index contributed by atoms with van der Waals surface area (Å²) in [7, 11) is 0. The van der Waals surface area contributed by atoms with Crippen molar-refractivity contribution in [2.45, 2.75) is 6.10 Å². The minimum absolute atomic E-state index is 0.217. The largest absolute Gasteiger partial charge is 0.399 e. The van der Waals surface area contributed by atoms with Crippen molar-refractivity contribution in [2.24, 2.45) is 0 Å². The Balaban J connectivity index is 1.92. The Bertz CT molecular complexity index is 702. The number of carbonyl (C=O) groups excluding carboxylic acids is 1. The fourth-order valence-electron chi connectivity index (χ4n) is 2.26. The maximum Gasteiger partial charge on any atom is 0.275 e. The molecular formula is C13H13N5O2. The summed E-state index contributed by atoms with van der Waals surface area (Å²) in [5.41, 5.74) is 7.40. The summed E-state index contributed by atoms with van der Waals surface area (Å²) in [6.45, 7) is 1.06. The van der Waals surface area contributed by atoms with E-state index >= 15 is 0 Å². The third-order valence-electron chi connectivity index (χ3n) is 3.29. The van der Waals surface area contributed by atoms with Crippen LogP contribution in [0.15, 0.2) is 18.2 Å². The van der Waals surface area contributed by atoms with E-state index < -0.39 is 6.10 Å². The normalized spacial score (nSPS) is 18.9. The van der Waals surface area contributed by atoms with E-state index in [2.05, 4.69) is 10.2 Å². The van der Waals surface area contributed by atoms with Crippen LogP contribution in [0.25, 0.3) is 10.9 Å². The zero-order valence-electron chi connectivity index (χ0n) is 10.7. The van der Waals surface area contributed by atoms with Crippen LogP contribution in [-0.4, -0.2) is 46.8 Å². The first-order valence-electron chi connectivity index (χ1n) is 6.23. The number of hydrogen-bond donors (Lipinski definition) is 2. The van der Waals surface area contributed by atoms with E-state index in [1.54, 1.807) is 23.1 Å². The Hall–Kier alpha value is -2.59. The number of amides is 1. The molecule has 0 bridgehead atoms. The number of nitrogens with two attached hydrogens (primary N) is 1. The molecule has 1 aromatic heterocycles. The number of carbonyl (C=O) groups is 1. The number of benzene rings is 1. The second-order valence-corrected chi connectivity index (χ2v) is 4.62. The van der Waals surface area contributed by atoms with Crippen LogP contribution in [0.1, 0.15) is 10.5 Å². The lowest BCUT2D eigenvalue weighted by molar-refractivity contribution is 0.00329. The van der Waals surface area contributed by atoms with Crippen LogP contribution in [0.2, 0.25) is 0 Å². The lowest BCUT2D eigenvalue weighted by atomic mass is 10.1. The molecule has 20 heavy (non-hydrogen) atoms. The highest BCUT2D eigenvalue weighted by molar-refractivity contribution is 6.05. The molecule has 0 spiro atoms. The Morgan fingerprint density at radius 2 is 2.45 bits per heavy atom. The van der Waals surface area contributed by atoms with E-state index in [4.69, 9.17) is 15.7 Å². The number of ether oxygens (including phenoxy) is 1. The Morgan fingerprint density at radius 3 is 3.25 bits per heavy atom. The first-order chi connectivity index (χ1) is 9.69. The van der Waals surface area contributed by atoms with Gasteiger partial charge in [-0.05, 0) is 18.2 Å². The molecule has 1 aliphatic heterocycles. The molecule has 2 heterocycles. The third kappa shape index (κ3) is 2.06. The summed E-state index contributed by atoms with van der Waals surface area (Å²) < 4.78 is 5.23. The minimum atomic E-state index is -0.581. The number of nitriles is 1. The minimum Gasteiger partial charge on any atom is -0.399 e. The molecule has 1 fully saturated rings. The number of hydrogen-bond acceptors (Lipinski definition) is 5. The SMILES string of the molecule is N#CC1CN(C(=O)c2n[nH]c3ccc(N)cc23)CCO1. The van der Waals surface area contributed by atoms with Crippen LogP contribution < -0.4 is 5.73 Å². The van der Waals surface area contributed by atoms with Crippen molar-refractivity contribution < 1.29 is 9.53 Å². The van der Waals surface area contributed by atoms with Gasteiger partial charge in [0.15, 0.2) is 11.8 Å². The molecule has 3 rings (SSSR count). The summed E-state index contributed by atoms with van der Waals surface area (Å²) in [5.74, 6) is -0.217. The second-order valence-electron chi connectivity index (χ2n) is 4.62. The molecule has 2 aromatic rings. The average molecular weight is 271 g/mol. The molecule has 1 atom stereocenters. The Morgan fingerprint density at radius 1 is 1.60 bits per heavy atom. The van der Waals surface area contributed by atoms with Crippen molar-refractivity contribution in [3.63, 3.8) is 0 Å². The zero-order valence-corrected chi connectivity index (χ0v) is 10.7. The van der Waals surface area contributed by atoms with Gasteiger partial charge in [0, 0.05) is 17.6 Å². The highest BCUT2D eigenvalue weighted by Crippen LogP contribution is 2.21. The Kier molecular flexibility index (Phi) is 3.00. The number of H-pyrrole nitrogens is 1. The summed E-state index contributed by atoms with van der Waals surface area (Å²) in [4.78, 5) is 14.1. The van der Waals surface area contributed by atoms with Gasteiger partial charge in [-0.15, -0.1) is 0 Å². The van der Waals surface area contributed by atoms with E-state index in [9.17, 15) is 4.79 Å². The molecule has 0 radical (unpaired) electrons. The van der Waals surface area contributed by atoms with Crippen molar-refractivity contribution in [3.8, 4) is 6.07 Å². The number of nitrogens with zero attached hydrogens (tertiary/aromatic N) is 3. The highest BCUT2D eigenvalue weighted by Gasteiger charge is 2.27. The summed E-state index contributed by atoms with van der Waals surface area (Å²) in [6.07, 6.45) is -0.581. The van der Waals surface area contributed by atoms with Crippen molar-refractivity contribution in [2.75, 3.05) is 25.4 Å². The van der Waals surface area contributed by atoms with E-state index in [0.29, 0.717) is 29.9 Å². The molecule has 1 unspecified atom stereocenters. The number of nitrogens with one attached hydrogen (secondary N) is 1. The molecular weight excluding hydrogens is 258 g/mol. The van der Waals surface area contributed by atoms with Gasteiger partial charge in [-0.1, -0.05) is 0 Å². The lowest BCUT2D eigenvalue weighted by Crippen LogP contribution is -2.45. The number of fused-ring (bicyclic) bond motifs is 1. The quantitative estimate of drug-likeness (QED) is 0.735. The van der Waals surface area contributed by atoms with Gasteiger partial charge in [0.05, 0.1) is 24.7 Å². The maximum atomic E-state index is 12.5. The molecule has 1 aromatic carbocycles. The molecule has 1 aliphatic rings. The number of rotatable bonds is 1. The molecule has 1 saturated heterocycles. The number of aromatic amines is 1. The van der Waals surface area contributed by atoms with Crippen LogP contribution in [0.4, 0.5) is 5.69 Å². The van der Waals surface area contributed by atoms with Gasteiger partial charge in [0.2, 0.25) is 0 Å². The molecule has 7 heteroatoms. The third-order valence-corrected chi connectivity index (χ3v) is 3.29. The van der Waals surface area contributed by atoms with Gasteiger partial charge >= 0.3 is 0 Å². The van der Waals surface area contributed by atoms with Crippen LogP contribution in [0.3, 0.4) is 0 Å². The highest BCUT2D eigenvalue weighted by atomic mass is 16.5. The molecule has 102 valence electrons. The number of aromatic nitrogens is 2. The molecule has 0 saturated carbocycles. The second kappa shape index (κ2) is 4.83. The standard InChI is InChI=1S/C13H13N5O2/c14-6-9-7-18(3-4-20-9)13(19)12-10-5-8(15)1-2-11(10)16-17-12/h1-2,5,9H,3-4,7,15H2,(H,16,17). The predicted molar refractivity (Wildman–Crippen MR) is 71.8 cm³/mol. The summed E-state index contributed by atoms with van der Waals surface area (Å²) in [5, 5.41) is 16.4. The number of anilines is 1. The molecule has 3 N–H and O–H groups in total. The predicted octanol–water partition coefficient (Wildman–Crippen LogP) is 0.510. The van der Waals surface area contributed by atoms with E-state index in [0.717, 1.165) is 5.52 Å². The van der Waals surface area contributed by atoms with Crippen molar-refractivity contribution in [1.82, 2.24) is 15.1 Å². The van der Waals surface area contributed by atoms with Gasteiger partial charge in [-0.25, -0.2) is 0 Å². The number of morpholine rings is 1. The molecule has 0 aliphatic carbocycles. The summed E-state index contributed by atoms with van der Waals surface area (Å²) >= 11 is 0. The number of nitrogen functional groups attached to an aromatic ring is 1. The van der Waals surface area contributed by atoms with Gasteiger partial charge in [0.1, 0.15) is 0 Å². The van der Waals surface area contributed by atoms with E-state index in [-0.39, 0.29) is 12.5 Å². The van der Waals surface area contributed by atoms with Gasteiger partial charge in [-0.2, -0.15) is 10.4 Å². The molecule has 1 amide bonds. The van der Waals surface area contributed by atoms with Gasteiger partial charge in [-0.3, -0.25) is 9.89 Å². The Labute approximate surface area is 114 Å². The first-order valence-corrected chi connectivity index (χ1v) is 6.23. The lowest BCUT2D eigenvalue weighted by Gasteiger charge is -2.29. The van der Waals surface area contributed by atoms with Crippen LogP contribution in [-0.2, 0) is 4.74 Å². The van der Waals surface area contributed by atoms with Crippen molar-refractivity contribution >= 4 is 22.5 Å². The average Bonchev–Trinajstić information content (AvgIpc) is 2.89. The monoisotopic (exact) mass is 271 g/mol. The van der Waals surface area contributed by atoms with Crippen molar-refractivity contribution in [1.29, 1.82) is 5.26 Å². The summed E-state index contributed by atoms with van der Waals surface area (Å²) in [6, 6.07) is 7.26. The van der Waals surface area contributed by atoms with Crippen molar-refractivity contribution in [3.05, 3.63) is 23.9 Å². The van der Waals surface area contributed by atoms with E-state index in [1.165, 1.54) is 0 Å².